The number of aromatic amines is 1. The van der Waals surface area contributed by atoms with Crippen LogP contribution in [-0.2, 0) is 0 Å². The van der Waals surface area contributed by atoms with Crippen molar-refractivity contribution in [1.82, 2.24) is 20.0 Å². The second-order valence-electron chi connectivity index (χ2n) is 3.51. The van der Waals surface area contributed by atoms with Gasteiger partial charge < -0.3 is 4.42 Å². The van der Waals surface area contributed by atoms with Gasteiger partial charge in [0, 0.05) is 0 Å². The lowest BCUT2D eigenvalue weighted by Gasteiger charge is -2.01. The number of nitrogens with one attached hydrogen (secondary N) is 1. The van der Waals surface area contributed by atoms with Gasteiger partial charge in [-0.2, -0.15) is 5.10 Å². The first-order chi connectivity index (χ1) is 8.75. The maximum absolute atomic E-state index is 6.26. The predicted octanol–water partition coefficient (Wildman–Crippen LogP) is 3.24. The molecule has 1 N–H and O–H groups in total. The predicted molar refractivity (Wildman–Crippen MR) is 69.3 cm³/mol. The van der Waals surface area contributed by atoms with Gasteiger partial charge in [0.2, 0.25) is 0 Å². The molecular formula is C11H7ClN4OS. The van der Waals surface area contributed by atoms with Crippen molar-refractivity contribution in [2.75, 3.05) is 0 Å². The number of benzene rings is 1. The van der Waals surface area contributed by atoms with Crippen LogP contribution in [-0.4, -0.2) is 20.0 Å². The van der Waals surface area contributed by atoms with E-state index in [4.69, 9.17) is 28.2 Å². The molecule has 0 atom stereocenters. The van der Waals surface area contributed by atoms with Crippen molar-refractivity contribution in [3.63, 3.8) is 0 Å². The van der Waals surface area contributed by atoms with Crippen molar-refractivity contribution in [2.24, 2.45) is 0 Å². The molecule has 0 aliphatic heterocycles. The molecule has 18 heavy (non-hydrogen) atoms. The first kappa shape index (κ1) is 11.2. The van der Waals surface area contributed by atoms with Crippen molar-refractivity contribution in [2.45, 2.75) is 0 Å². The molecule has 1 aromatic carbocycles. The first-order valence-corrected chi connectivity index (χ1v) is 5.89. The lowest BCUT2D eigenvalue weighted by Crippen LogP contribution is -1.95. The summed E-state index contributed by atoms with van der Waals surface area (Å²) in [7, 11) is 0. The smallest absolute Gasteiger partial charge is 0.284 e. The lowest BCUT2D eigenvalue weighted by molar-refractivity contribution is 0.552. The third-order valence-electron chi connectivity index (χ3n) is 2.38. The number of H-pyrrole nitrogens is 1. The zero-order valence-electron chi connectivity index (χ0n) is 9.00. The molecule has 0 unspecified atom stereocenters. The topological polar surface area (TPSA) is 59.6 Å². The molecule has 90 valence electrons. The standard InChI is InChI=1S/C11H7ClN4OS/c12-9-8(10-14-15-11(18)17-10)6-13-16(9)7-4-2-1-3-5-7/h1-6H,(H,15,18). The third-order valence-corrected chi connectivity index (χ3v) is 2.92. The average molecular weight is 279 g/mol. The summed E-state index contributed by atoms with van der Waals surface area (Å²) in [6, 6.07) is 9.56. The van der Waals surface area contributed by atoms with E-state index in [1.165, 1.54) is 0 Å². The number of hydrogen-bond acceptors (Lipinski definition) is 4. The fourth-order valence-corrected chi connectivity index (χ4v) is 1.97. The lowest BCUT2D eigenvalue weighted by atomic mass is 10.3. The SMILES string of the molecule is S=c1[nH]nc(-c2cnn(-c3ccccc3)c2Cl)o1. The van der Waals surface area contributed by atoms with E-state index in [0.717, 1.165) is 5.69 Å². The molecule has 0 aliphatic carbocycles. The molecule has 2 aromatic heterocycles. The fourth-order valence-electron chi connectivity index (χ4n) is 1.57. The Bertz CT molecular complexity index is 731. The Morgan fingerprint density at radius 3 is 2.72 bits per heavy atom. The molecule has 0 spiro atoms. The van der Waals surface area contributed by atoms with Crippen LogP contribution in [0.5, 0.6) is 0 Å². The van der Waals surface area contributed by atoms with Gasteiger partial charge in [-0.1, -0.05) is 29.8 Å². The monoisotopic (exact) mass is 278 g/mol. The average Bonchev–Trinajstić information content (AvgIpc) is 2.97. The second-order valence-corrected chi connectivity index (χ2v) is 4.24. The molecule has 0 amide bonds. The van der Waals surface area contributed by atoms with Crippen LogP contribution in [0.4, 0.5) is 0 Å². The molecule has 0 aliphatic rings. The van der Waals surface area contributed by atoms with E-state index in [2.05, 4.69) is 15.3 Å². The van der Waals surface area contributed by atoms with Crippen LogP contribution in [0, 0.1) is 4.84 Å². The summed E-state index contributed by atoms with van der Waals surface area (Å²) in [5.41, 5.74) is 1.45. The molecule has 0 radical (unpaired) electrons. The van der Waals surface area contributed by atoms with Crippen molar-refractivity contribution in [3.8, 4) is 17.1 Å². The third kappa shape index (κ3) is 1.85. The van der Waals surface area contributed by atoms with Crippen LogP contribution in [0.1, 0.15) is 0 Å². The highest BCUT2D eigenvalue weighted by Gasteiger charge is 2.15. The minimum atomic E-state index is 0.202. The van der Waals surface area contributed by atoms with E-state index in [-0.39, 0.29) is 4.84 Å². The van der Waals surface area contributed by atoms with Gasteiger partial charge in [-0.25, -0.2) is 9.78 Å². The van der Waals surface area contributed by atoms with E-state index < -0.39 is 0 Å². The van der Waals surface area contributed by atoms with Gasteiger partial charge in [-0.3, -0.25) is 0 Å². The molecule has 0 fully saturated rings. The molecular weight excluding hydrogens is 272 g/mol. The molecule has 0 bridgehead atoms. The van der Waals surface area contributed by atoms with Gasteiger partial charge >= 0.3 is 0 Å². The summed E-state index contributed by atoms with van der Waals surface area (Å²) >= 11 is 11.1. The zero-order valence-corrected chi connectivity index (χ0v) is 10.6. The van der Waals surface area contributed by atoms with Crippen LogP contribution in [0.3, 0.4) is 0 Å². The van der Waals surface area contributed by atoms with E-state index >= 15 is 0 Å². The van der Waals surface area contributed by atoms with Crippen molar-refractivity contribution in [1.29, 1.82) is 0 Å². The highest BCUT2D eigenvalue weighted by atomic mass is 35.5. The number of aromatic nitrogens is 4. The highest BCUT2D eigenvalue weighted by Crippen LogP contribution is 2.28. The Labute approximate surface area is 112 Å². The van der Waals surface area contributed by atoms with Crippen LogP contribution in [0.2, 0.25) is 5.15 Å². The second kappa shape index (κ2) is 4.40. The number of halogens is 1. The summed E-state index contributed by atoms with van der Waals surface area (Å²) in [6.45, 7) is 0. The Morgan fingerprint density at radius 1 is 1.28 bits per heavy atom. The van der Waals surface area contributed by atoms with Gasteiger partial charge in [0.25, 0.3) is 10.7 Å². The molecule has 7 heteroatoms. The van der Waals surface area contributed by atoms with Crippen molar-refractivity contribution >= 4 is 23.8 Å². The summed E-state index contributed by atoms with van der Waals surface area (Å²) < 4.78 is 6.81. The van der Waals surface area contributed by atoms with E-state index in [9.17, 15) is 0 Å². The molecule has 3 rings (SSSR count). The summed E-state index contributed by atoms with van der Waals surface area (Å²) in [5.74, 6) is 0.326. The largest absolute Gasteiger partial charge is 0.409 e. The number of para-hydroxylation sites is 1. The fraction of sp³-hybridized carbons (Fsp3) is 0. The summed E-state index contributed by atoms with van der Waals surface area (Å²) in [5, 5.41) is 11.1. The minimum Gasteiger partial charge on any atom is -0.409 e. The Balaban J connectivity index is 2.11. The van der Waals surface area contributed by atoms with Gasteiger partial charge in [-0.15, -0.1) is 5.10 Å². The van der Waals surface area contributed by atoms with E-state index in [1.807, 2.05) is 30.3 Å². The maximum atomic E-state index is 6.26. The van der Waals surface area contributed by atoms with Gasteiger partial charge in [0.15, 0.2) is 0 Å². The molecule has 0 saturated carbocycles. The van der Waals surface area contributed by atoms with Crippen LogP contribution in [0.15, 0.2) is 40.9 Å². The Kier molecular flexibility index (Phi) is 2.73. The molecule has 2 heterocycles. The highest BCUT2D eigenvalue weighted by molar-refractivity contribution is 7.71. The number of nitrogens with zero attached hydrogens (tertiary/aromatic N) is 3. The number of hydrogen-bond donors (Lipinski definition) is 1. The van der Waals surface area contributed by atoms with Crippen LogP contribution >= 0.6 is 23.8 Å². The first-order valence-electron chi connectivity index (χ1n) is 5.10. The maximum Gasteiger partial charge on any atom is 0.284 e. The normalized spacial score (nSPS) is 10.7. The Morgan fingerprint density at radius 2 is 2.06 bits per heavy atom. The summed E-state index contributed by atoms with van der Waals surface area (Å²) in [4.78, 5) is 0.202. The van der Waals surface area contributed by atoms with E-state index in [1.54, 1.807) is 10.9 Å². The van der Waals surface area contributed by atoms with Crippen LogP contribution in [0.25, 0.3) is 17.1 Å². The molecule has 0 saturated heterocycles. The van der Waals surface area contributed by atoms with Gasteiger partial charge in [0.1, 0.15) is 5.15 Å². The quantitative estimate of drug-likeness (QED) is 0.731. The van der Waals surface area contributed by atoms with Crippen molar-refractivity contribution < 1.29 is 4.42 Å². The minimum absolute atomic E-state index is 0.202. The van der Waals surface area contributed by atoms with E-state index in [0.29, 0.717) is 16.6 Å². The van der Waals surface area contributed by atoms with Crippen LogP contribution < -0.4 is 0 Å². The Hall–Kier alpha value is -1.92. The molecule has 3 aromatic rings. The van der Waals surface area contributed by atoms with Gasteiger partial charge in [-0.05, 0) is 24.4 Å². The van der Waals surface area contributed by atoms with Crippen molar-refractivity contribution in [3.05, 3.63) is 46.5 Å². The zero-order chi connectivity index (χ0) is 12.5. The number of rotatable bonds is 2. The summed E-state index contributed by atoms with van der Waals surface area (Å²) in [6.07, 6.45) is 1.59. The van der Waals surface area contributed by atoms with Gasteiger partial charge in [0.05, 0.1) is 17.4 Å². The molecule has 5 nitrogen and oxygen atoms in total.